The molecule has 0 bridgehead atoms. The number of rotatable bonds is 1. The van der Waals surface area contributed by atoms with Crippen LogP contribution >= 0.6 is 23.2 Å². The van der Waals surface area contributed by atoms with Gasteiger partial charge in [-0.05, 0) is 6.07 Å². The molecule has 3 rings (SSSR count). The lowest BCUT2D eigenvalue weighted by Crippen LogP contribution is -1.99. The summed E-state index contributed by atoms with van der Waals surface area (Å²) in [5.41, 5.74) is 0. The molecule has 0 aromatic heterocycles. The van der Waals surface area contributed by atoms with Crippen LogP contribution in [0.25, 0.3) is 21.5 Å². The van der Waals surface area contributed by atoms with Crippen molar-refractivity contribution in [3.63, 3.8) is 0 Å². The van der Waals surface area contributed by atoms with Gasteiger partial charge in [0.2, 0.25) is 0 Å². The largest absolute Gasteiger partial charge is 0.295 e. The molecule has 0 saturated heterocycles. The maximum atomic E-state index is 11.5. The van der Waals surface area contributed by atoms with Gasteiger partial charge in [0.25, 0.3) is 10.1 Å². The maximum absolute atomic E-state index is 11.5. The fraction of sp³-hybridized carbons (Fsp3) is 0. The third-order valence-corrected chi connectivity index (χ3v) is 4.86. The van der Waals surface area contributed by atoms with E-state index >= 15 is 0 Å². The van der Waals surface area contributed by atoms with Crippen LogP contribution in [-0.2, 0) is 10.1 Å². The van der Waals surface area contributed by atoms with Gasteiger partial charge >= 0.3 is 0 Å². The predicted octanol–water partition coefficient (Wildman–Crippen LogP) is 4.55. The van der Waals surface area contributed by atoms with Gasteiger partial charge in [0.1, 0.15) is 4.90 Å². The molecule has 3 aromatic rings. The summed E-state index contributed by atoms with van der Waals surface area (Å²) in [5.74, 6) is 0. The Bertz CT molecular complexity index is 949. The van der Waals surface area contributed by atoms with Crippen LogP contribution in [0.15, 0.2) is 47.4 Å². The Labute approximate surface area is 125 Å². The van der Waals surface area contributed by atoms with Gasteiger partial charge < -0.3 is 0 Å². The predicted molar refractivity (Wildman–Crippen MR) is 81.3 cm³/mol. The standard InChI is InChI=1S/C14H8Cl2O3S/c15-13-8-4-1-2-5-9(8)14(16)12-10(13)6-3-7-11(12)20(17,18)19/h1-7H,(H,17,18,19). The summed E-state index contributed by atoms with van der Waals surface area (Å²) in [5, 5.41) is 2.77. The molecule has 1 N–H and O–H groups in total. The highest BCUT2D eigenvalue weighted by Crippen LogP contribution is 2.41. The van der Waals surface area contributed by atoms with Gasteiger partial charge in [-0.25, -0.2) is 0 Å². The summed E-state index contributed by atoms with van der Waals surface area (Å²) >= 11 is 12.7. The van der Waals surface area contributed by atoms with Crippen LogP contribution in [0.3, 0.4) is 0 Å². The lowest BCUT2D eigenvalue weighted by Gasteiger charge is -2.11. The molecule has 0 fully saturated rings. The Hall–Kier alpha value is -1.33. The molecule has 0 atom stereocenters. The van der Waals surface area contributed by atoms with E-state index in [4.69, 9.17) is 23.2 Å². The SMILES string of the molecule is O=S(=O)(O)c1cccc2c(Cl)c3ccccc3c(Cl)c12. The molecule has 0 saturated carbocycles. The first kappa shape index (κ1) is 13.6. The maximum Gasteiger partial charge on any atom is 0.295 e. The quantitative estimate of drug-likeness (QED) is 0.527. The van der Waals surface area contributed by atoms with Crippen LogP contribution in [0.5, 0.6) is 0 Å². The molecule has 0 aliphatic carbocycles. The van der Waals surface area contributed by atoms with E-state index in [9.17, 15) is 13.0 Å². The van der Waals surface area contributed by atoms with Crippen LogP contribution < -0.4 is 0 Å². The van der Waals surface area contributed by atoms with Crippen molar-refractivity contribution in [2.24, 2.45) is 0 Å². The van der Waals surface area contributed by atoms with E-state index in [0.717, 1.165) is 5.39 Å². The zero-order valence-electron chi connectivity index (χ0n) is 9.97. The van der Waals surface area contributed by atoms with Gasteiger partial charge in [-0.3, -0.25) is 4.55 Å². The van der Waals surface area contributed by atoms with Crippen molar-refractivity contribution in [1.82, 2.24) is 0 Å². The second kappa shape index (κ2) is 4.60. The van der Waals surface area contributed by atoms with Crippen LogP contribution in [0.4, 0.5) is 0 Å². The Balaban J connectivity index is 2.68. The molecule has 0 aliphatic heterocycles. The molecule has 20 heavy (non-hydrogen) atoms. The van der Waals surface area contributed by atoms with Gasteiger partial charge in [0, 0.05) is 21.5 Å². The summed E-state index contributed by atoms with van der Waals surface area (Å²) in [6, 6.07) is 11.7. The minimum Gasteiger partial charge on any atom is -0.282 e. The third kappa shape index (κ3) is 1.96. The first-order valence-electron chi connectivity index (χ1n) is 5.67. The molecule has 3 aromatic carbocycles. The number of fused-ring (bicyclic) bond motifs is 2. The van der Waals surface area contributed by atoms with Gasteiger partial charge in [0.05, 0.1) is 10.0 Å². The minimum atomic E-state index is -4.38. The highest BCUT2D eigenvalue weighted by Gasteiger charge is 2.20. The molecule has 0 heterocycles. The third-order valence-electron chi connectivity index (χ3n) is 3.16. The van der Waals surface area contributed by atoms with Crippen molar-refractivity contribution in [1.29, 1.82) is 0 Å². The van der Waals surface area contributed by atoms with Gasteiger partial charge in [-0.15, -0.1) is 0 Å². The molecular formula is C14H8Cl2O3S. The smallest absolute Gasteiger partial charge is 0.282 e. The first-order chi connectivity index (χ1) is 9.41. The van der Waals surface area contributed by atoms with E-state index in [0.29, 0.717) is 15.8 Å². The molecule has 0 amide bonds. The minimum absolute atomic E-state index is 0.236. The summed E-state index contributed by atoms with van der Waals surface area (Å²) < 4.78 is 32.3. The topological polar surface area (TPSA) is 54.4 Å². The average molecular weight is 327 g/mol. The van der Waals surface area contributed by atoms with Crippen molar-refractivity contribution in [3.8, 4) is 0 Å². The Morgan fingerprint density at radius 3 is 1.95 bits per heavy atom. The van der Waals surface area contributed by atoms with E-state index in [-0.39, 0.29) is 15.3 Å². The van der Waals surface area contributed by atoms with Crippen molar-refractivity contribution < 1.29 is 13.0 Å². The normalized spacial score (nSPS) is 12.2. The number of halogens is 2. The van der Waals surface area contributed by atoms with Crippen molar-refractivity contribution in [3.05, 3.63) is 52.5 Å². The number of hydrogen-bond donors (Lipinski definition) is 1. The fourth-order valence-electron chi connectivity index (χ4n) is 2.30. The molecule has 102 valence electrons. The van der Waals surface area contributed by atoms with E-state index in [2.05, 4.69) is 0 Å². The van der Waals surface area contributed by atoms with Crippen LogP contribution in [0.2, 0.25) is 10.0 Å². The van der Waals surface area contributed by atoms with Crippen LogP contribution in [0, 0.1) is 0 Å². The molecular weight excluding hydrogens is 319 g/mol. The fourth-order valence-corrected chi connectivity index (χ4v) is 3.77. The Kier molecular flexibility index (Phi) is 3.14. The highest BCUT2D eigenvalue weighted by atomic mass is 35.5. The summed E-state index contributed by atoms with van der Waals surface area (Å²) in [4.78, 5) is -0.243. The van der Waals surface area contributed by atoms with Crippen molar-refractivity contribution in [2.45, 2.75) is 4.90 Å². The zero-order chi connectivity index (χ0) is 14.5. The summed E-state index contributed by atoms with van der Waals surface area (Å²) in [6.45, 7) is 0. The molecule has 0 spiro atoms. The van der Waals surface area contributed by atoms with Crippen LogP contribution in [-0.4, -0.2) is 13.0 Å². The zero-order valence-corrected chi connectivity index (χ0v) is 12.3. The molecule has 0 unspecified atom stereocenters. The van der Waals surface area contributed by atoms with Gasteiger partial charge in [0.15, 0.2) is 0 Å². The van der Waals surface area contributed by atoms with E-state index < -0.39 is 10.1 Å². The molecule has 0 radical (unpaired) electrons. The highest BCUT2D eigenvalue weighted by molar-refractivity contribution is 7.86. The Morgan fingerprint density at radius 1 is 0.800 bits per heavy atom. The van der Waals surface area contributed by atoms with E-state index in [1.807, 2.05) is 12.1 Å². The molecule has 3 nitrogen and oxygen atoms in total. The average Bonchev–Trinajstić information content (AvgIpc) is 2.43. The number of hydrogen-bond acceptors (Lipinski definition) is 2. The number of benzene rings is 3. The second-order valence-corrected chi connectivity index (χ2v) is 6.47. The van der Waals surface area contributed by atoms with Gasteiger partial charge in [-0.1, -0.05) is 59.6 Å². The van der Waals surface area contributed by atoms with Crippen LogP contribution in [0.1, 0.15) is 0 Å². The molecule has 6 heteroatoms. The Morgan fingerprint density at radius 2 is 1.35 bits per heavy atom. The second-order valence-electron chi connectivity index (χ2n) is 4.33. The monoisotopic (exact) mass is 326 g/mol. The first-order valence-corrected chi connectivity index (χ1v) is 7.87. The summed E-state index contributed by atoms with van der Waals surface area (Å²) in [6.07, 6.45) is 0. The lowest BCUT2D eigenvalue weighted by molar-refractivity contribution is 0.484. The van der Waals surface area contributed by atoms with Crippen molar-refractivity contribution in [2.75, 3.05) is 0 Å². The lowest BCUT2D eigenvalue weighted by atomic mass is 10.0. The molecule has 0 aliphatic rings. The van der Waals surface area contributed by atoms with Crippen molar-refractivity contribution >= 4 is 54.9 Å². The summed E-state index contributed by atoms with van der Waals surface area (Å²) in [7, 11) is -4.38. The van der Waals surface area contributed by atoms with E-state index in [1.54, 1.807) is 18.2 Å². The van der Waals surface area contributed by atoms with E-state index in [1.165, 1.54) is 12.1 Å². The van der Waals surface area contributed by atoms with Gasteiger partial charge in [-0.2, -0.15) is 8.42 Å².